The van der Waals surface area contributed by atoms with Gasteiger partial charge < -0.3 is 25.0 Å². The van der Waals surface area contributed by atoms with Crippen LogP contribution in [0.2, 0.25) is 0 Å². The summed E-state index contributed by atoms with van der Waals surface area (Å²) in [7, 11) is 0. The van der Waals surface area contributed by atoms with E-state index in [0.29, 0.717) is 44.2 Å². The smallest absolute Gasteiger partial charge is 0.254 e. The minimum atomic E-state index is -0.153. The predicted octanol–water partition coefficient (Wildman–Crippen LogP) is 4.56. The molecule has 0 spiro atoms. The third kappa shape index (κ3) is 8.42. The lowest BCUT2D eigenvalue weighted by Crippen LogP contribution is -2.40. The van der Waals surface area contributed by atoms with E-state index in [0.717, 1.165) is 17.9 Å². The van der Waals surface area contributed by atoms with Crippen molar-refractivity contribution in [3.05, 3.63) is 54.1 Å². The fraction of sp³-hybridized carbons (Fsp3) is 0.462. The highest BCUT2D eigenvalue weighted by Crippen LogP contribution is 2.18. The molecular formula is C26H35N3O4. The van der Waals surface area contributed by atoms with Crippen molar-refractivity contribution in [3.8, 4) is 5.75 Å². The van der Waals surface area contributed by atoms with Crippen LogP contribution in [0, 0.1) is 0 Å². The van der Waals surface area contributed by atoms with Crippen LogP contribution >= 0.6 is 0 Å². The molecule has 2 aromatic rings. The van der Waals surface area contributed by atoms with Gasteiger partial charge in [0.1, 0.15) is 5.75 Å². The maximum absolute atomic E-state index is 12.5. The maximum atomic E-state index is 12.5. The third-order valence-electron chi connectivity index (χ3n) is 5.52. The Kier molecular flexibility index (Phi) is 10.0. The molecule has 0 aliphatic carbocycles. The van der Waals surface area contributed by atoms with E-state index in [1.54, 1.807) is 17.0 Å². The van der Waals surface area contributed by atoms with E-state index >= 15 is 0 Å². The van der Waals surface area contributed by atoms with Crippen LogP contribution in [0.5, 0.6) is 5.75 Å². The van der Waals surface area contributed by atoms with Crippen molar-refractivity contribution in [1.29, 1.82) is 0 Å². The van der Waals surface area contributed by atoms with Crippen LogP contribution in [0.4, 0.5) is 11.4 Å². The normalized spacial score (nSPS) is 13.4. The third-order valence-corrected chi connectivity index (χ3v) is 5.52. The lowest BCUT2D eigenvalue weighted by atomic mass is 10.1. The van der Waals surface area contributed by atoms with Gasteiger partial charge in [0.15, 0.2) is 0 Å². The van der Waals surface area contributed by atoms with Crippen molar-refractivity contribution >= 4 is 23.2 Å². The molecule has 0 saturated carbocycles. The number of nitrogens with zero attached hydrogens (tertiary/aromatic N) is 1. The van der Waals surface area contributed by atoms with Gasteiger partial charge in [0.2, 0.25) is 5.91 Å². The van der Waals surface area contributed by atoms with Gasteiger partial charge in [-0.25, -0.2) is 0 Å². The fourth-order valence-corrected chi connectivity index (χ4v) is 3.63. The molecule has 1 saturated heterocycles. The SMILES string of the molecule is CCCCCCCOc1cccc(NC(=O)CNc2ccc(C(=O)N3CCOCC3)cc2)c1. The van der Waals surface area contributed by atoms with Crippen LogP contribution < -0.4 is 15.4 Å². The molecule has 33 heavy (non-hydrogen) atoms. The number of morpholine rings is 1. The Morgan fingerprint density at radius 2 is 1.73 bits per heavy atom. The second-order valence-corrected chi connectivity index (χ2v) is 8.17. The number of ether oxygens (including phenoxy) is 2. The summed E-state index contributed by atoms with van der Waals surface area (Å²) in [5.41, 5.74) is 2.12. The molecule has 1 aliphatic rings. The predicted molar refractivity (Wildman–Crippen MR) is 131 cm³/mol. The van der Waals surface area contributed by atoms with E-state index in [1.165, 1.54) is 25.7 Å². The summed E-state index contributed by atoms with van der Waals surface area (Å²) in [6.45, 7) is 5.40. The molecule has 0 unspecified atom stereocenters. The first-order chi connectivity index (χ1) is 16.2. The van der Waals surface area contributed by atoms with Crippen molar-refractivity contribution in [2.24, 2.45) is 0 Å². The van der Waals surface area contributed by atoms with E-state index in [2.05, 4.69) is 17.6 Å². The molecular weight excluding hydrogens is 418 g/mol. The van der Waals surface area contributed by atoms with E-state index in [-0.39, 0.29) is 18.4 Å². The second kappa shape index (κ2) is 13.5. The van der Waals surface area contributed by atoms with E-state index < -0.39 is 0 Å². The van der Waals surface area contributed by atoms with Gasteiger partial charge in [0.25, 0.3) is 5.91 Å². The quantitative estimate of drug-likeness (QED) is 0.461. The van der Waals surface area contributed by atoms with Crippen molar-refractivity contribution in [3.63, 3.8) is 0 Å². The molecule has 7 heteroatoms. The summed E-state index contributed by atoms with van der Waals surface area (Å²) in [6.07, 6.45) is 5.97. The molecule has 3 rings (SSSR count). The standard InChI is InChI=1S/C26H35N3O4/c1-2-3-4-5-6-16-33-24-9-7-8-23(19-24)28-25(30)20-27-22-12-10-21(11-13-22)26(31)29-14-17-32-18-15-29/h7-13,19,27H,2-6,14-18,20H2,1H3,(H,28,30). The minimum absolute atomic E-state index is 0.00523. The first kappa shape index (κ1) is 24.6. The van der Waals surface area contributed by atoms with Crippen molar-refractivity contribution in [1.82, 2.24) is 4.90 Å². The molecule has 7 nitrogen and oxygen atoms in total. The highest BCUT2D eigenvalue weighted by Gasteiger charge is 2.18. The molecule has 0 aromatic heterocycles. The number of benzene rings is 2. The molecule has 178 valence electrons. The largest absolute Gasteiger partial charge is 0.494 e. The van der Waals surface area contributed by atoms with Crippen LogP contribution in [-0.2, 0) is 9.53 Å². The monoisotopic (exact) mass is 453 g/mol. The number of amides is 2. The number of unbranched alkanes of at least 4 members (excludes halogenated alkanes) is 4. The van der Waals surface area contributed by atoms with Crippen LogP contribution in [0.15, 0.2) is 48.5 Å². The Labute approximate surface area is 196 Å². The van der Waals surface area contributed by atoms with Gasteiger partial charge in [-0.05, 0) is 42.8 Å². The number of hydrogen-bond donors (Lipinski definition) is 2. The summed E-state index contributed by atoms with van der Waals surface area (Å²) in [4.78, 5) is 26.7. The summed E-state index contributed by atoms with van der Waals surface area (Å²) >= 11 is 0. The molecule has 0 radical (unpaired) electrons. The minimum Gasteiger partial charge on any atom is -0.494 e. The Hall–Kier alpha value is -3.06. The Morgan fingerprint density at radius 3 is 2.48 bits per heavy atom. The lowest BCUT2D eigenvalue weighted by molar-refractivity contribution is -0.114. The molecule has 2 amide bonds. The highest BCUT2D eigenvalue weighted by atomic mass is 16.5. The van der Waals surface area contributed by atoms with Gasteiger partial charge in [0.05, 0.1) is 26.4 Å². The van der Waals surface area contributed by atoms with Crippen LogP contribution in [0.25, 0.3) is 0 Å². The average molecular weight is 454 g/mol. The average Bonchev–Trinajstić information content (AvgIpc) is 2.85. The molecule has 0 bridgehead atoms. The molecule has 0 atom stereocenters. The van der Waals surface area contributed by atoms with Gasteiger partial charge >= 0.3 is 0 Å². The molecule has 1 aliphatic heterocycles. The zero-order valence-electron chi connectivity index (χ0n) is 19.5. The lowest BCUT2D eigenvalue weighted by Gasteiger charge is -2.26. The zero-order chi connectivity index (χ0) is 23.3. The number of hydrogen-bond acceptors (Lipinski definition) is 5. The first-order valence-electron chi connectivity index (χ1n) is 11.9. The van der Waals surface area contributed by atoms with Crippen molar-refractivity contribution in [2.45, 2.75) is 39.0 Å². The van der Waals surface area contributed by atoms with Gasteiger partial charge in [-0.3, -0.25) is 9.59 Å². The van der Waals surface area contributed by atoms with E-state index in [1.807, 2.05) is 36.4 Å². The van der Waals surface area contributed by atoms with Gasteiger partial charge in [-0.2, -0.15) is 0 Å². The maximum Gasteiger partial charge on any atom is 0.254 e. The van der Waals surface area contributed by atoms with E-state index in [4.69, 9.17) is 9.47 Å². The number of carbonyl (C=O) groups excluding carboxylic acids is 2. The Balaban J connectivity index is 1.40. The van der Waals surface area contributed by atoms with Crippen LogP contribution in [-0.4, -0.2) is 56.2 Å². The molecule has 1 heterocycles. The zero-order valence-corrected chi connectivity index (χ0v) is 19.5. The summed E-state index contributed by atoms with van der Waals surface area (Å²) in [5.74, 6) is 0.614. The fourth-order valence-electron chi connectivity index (χ4n) is 3.63. The van der Waals surface area contributed by atoms with Gasteiger partial charge in [-0.1, -0.05) is 38.7 Å². The van der Waals surface area contributed by atoms with Crippen molar-refractivity contribution in [2.75, 3.05) is 50.1 Å². The van der Waals surface area contributed by atoms with E-state index in [9.17, 15) is 9.59 Å². The second-order valence-electron chi connectivity index (χ2n) is 8.17. The number of rotatable bonds is 12. The van der Waals surface area contributed by atoms with Crippen LogP contribution in [0.3, 0.4) is 0 Å². The number of anilines is 2. The topological polar surface area (TPSA) is 79.9 Å². The summed E-state index contributed by atoms with van der Waals surface area (Å²) in [5, 5.41) is 5.98. The number of carbonyl (C=O) groups is 2. The highest BCUT2D eigenvalue weighted by molar-refractivity contribution is 5.95. The first-order valence-corrected chi connectivity index (χ1v) is 11.9. The summed E-state index contributed by atoms with van der Waals surface area (Å²) in [6, 6.07) is 14.7. The molecule has 2 N–H and O–H groups in total. The molecule has 1 fully saturated rings. The Bertz CT molecular complexity index is 879. The summed E-state index contributed by atoms with van der Waals surface area (Å²) < 4.78 is 11.1. The van der Waals surface area contributed by atoms with Gasteiger partial charge in [-0.15, -0.1) is 0 Å². The van der Waals surface area contributed by atoms with Crippen molar-refractivity contribution < 1.29 is 19.1 Å². The van der Waals surface area contributed by atoms with Gasteiger partial charge in [0, 0.05) is 36.1 Å². The number of nitrogens with one attached hydrogen (secondary N) is 2. The Morgan fingerprint density at radius 1 is 0.970 bits per heavy atom. The van der Waals surface area contributed by atoms with Crippen LogP contribution in [0.1, 0.15) is 49.4 Å². The molecule has 2 aromatic carbocycles.